The van der Waals surface area contributed by atoms with Crippen LogP contribution in [0.3, 0.4) is 0 Å². The van der Waals surface area contributed by atoms with Crippen LogP contribution in [-0.4, -0.2) is 36.2 Å². The highest BCUT2D eigenvalue weighted by atomic mass is 32.1. The molecule has 2 heterocycles. The van der Waals surface area contributed by atoms with E-state index in [1.54, 1.807) is 11.3 Å². The summed E-state index contributed by atoms with van der Waals surface area (Å²) >= 11 is 1.61. The van der Waals surface area contributed by atoms with Gasteiger partial charge in [0.1, 0.15) is 6.17 Å². The molecule has 0 unspecified atom stereocenters. The molecule has 0 radical (unpaired) electrons. The predicted octanol–water partition coefficient (Wildman–Crippen LogP) is 2.39. The maximum Gasteiger partial charge on any atom is 0.303 e. The SMILES string of the molecule is [C-]#[N+][C@@H]1C[C@H](F)CN1C(=O)CNC(C)(C)c1ccsc1. The van der Waals surface area contributed by atoms with Gasteiger partial charge in [0.15, 0.2) is 0 Å². The number of halogens is 1. The zero-order valence-electron chi connectivity index (χ0n) is 11.6. The van der Waals surface area contributed by atoms with Crippen molar-refractivity contribution < 1.29 is 9.18 Å². The third-order valence-electron chi connectivity index (χ3n) is 3.61. The van der Waals surface area contributed by atoms with Gasteiger partial charge >= 0.3 is 6.17 Å². The first-order valence-corrected chi connectivity index (χ1v) is 7.46. The number of thiophene rings is 1. The lowest BCUT2D eigenvalue weighted by Gasteiger charge is -2.26. The molecule has 1 saturated heterocycles. The zero-order chi connectivity index (χ0) is 14.8. The Hall–Kier alpha value is -1.45. The molecule has 0 spiro atoms. The van der Waals surface area contributed by atoms with Crippen LogP contribution in [0.4, 0.5) is 4.39 Å². The molecule has 108 valence electrons. The lowest BCUT2D eigenvalue weighted by molar-refractivity contribution is -0.130. The Morgan fingerprint density at radius 3 is 3.05 bits per heavy atom. The Morgan fingerprint density at radius 2 is 2.45 bits per heavy atom. The van der Waals surface area contributed by atoms with Crippen LogP contribution in [0.1, 0.15) is 25.8 Å². The highest BCUT2D eigenvalue weighted by molar-refractivity contribution is 7.08. The third-order valence-corrected chi connectivity index (χ3v) is 4.30. The van der Waals surface area contributed by atoms with Crippen molar-refractivity contribution in [3.63, 3.8) is 0 Å². The smallest absolute Gasteiger partial charge is 0.299 e. The Morgan fingerprint density at radius 1 is 1.70 bits per heavy atom. The fourth-order valence-corrected chi connectivity index (χ4v) is 3.10. The number of nitrogens with zero attached hydrogens (tertiary/aromatic N) is 2. The molecular weight excluding hydrogens is 277 g/mol. The van der Waals surface area contributed by atoms with Gasteiger partial charge in [-0.05, 0) is 36.2 Å². The molecular formula is C14H18FN3OS. The quantitative estimate of drug-likeness (QED) is 0.866. The molecule has 4 nitrogen and oxygen atoms in total. The first-order chi connectivity index (χ1) is 9.44. The van der Waals surface area contributed by atoms with Gasteiger partial charge in [0.05, 0.1) is 19.5 Å². The van der Waals surface area contributed by atoms with Crippen LogP contribution in [0.25, 0.3) is 4.85 Å². The first-order valence-electron chi connectivity index (χ1n) is 6.52. The Kier molecular flexibility index (Phi) is 4.41. The van der Waals surface area contributed by atoms with Crippen molar-refractivity contribution in [1.29, 1.82) is 0 Å². The van der Waals surface area contributed by atoms with Gasteiger partial charge in [0.2, 0.25) is 5.91 Å². The van der Waals surface area contributed by atoms with Crippen molar-refractivity contribution in [3.05, 3.63) is 33.8 Å². The topological polar surface area (TPSA) is 36.7 Å². The molecule has 1 aromatic heterocycles. The number of amides is 1. The summed E-state index contributed by atoms with van der Waals surface area (Å²) < 4.78 is 13.3. The number of carbonyl (C=O) groups excluding carboxylic acids is 1. The second kappa shape index (κ2) is 5.90. The highest BCUT2D eigenvalue weighted by Gasteiger charge is 2.39. The van der Waals surface area contributed by atoms with Crippen molar-refractivity contribution in [2.75, 3.05) is 13.1 Å². The van der Waals surface area contributed by atoms with Gasteiger partial charge in [-0.25, -0.2) is 11.0 Å². The Balaban J connectivity index is 1.94. The molecule has 1 N–H and O–H groups in total. The van der Waals surface area contributed by atoms with E-state index in [0.717, 1.165) is 5.56 Å². The van der Waals surface area contributed by atoms with Crippen LogP contribution in [0.5, 0.6) is 0 Å². The van der Waals surface area contributed by atoms with E-state index in [-0.39, 0.29) is 31.0 Å². The Labute approximate surface area is 122 Å². The van der Waals surface area contributed by atoms with Crippen LogP contribution in [0.15, 0.2) is 16.8 Å². The average Bonchev–Trinajstić information content (AvgIpc) is 3.05. The molecule has 0 aromatic carbocycles. The van der Waals surface area contributed by atoms with Crippen molar-refractivity contribution in [1.82, 2.24) is 10.2 Å². The number of hydrogen-bond acceptors (Lipinski definition) is 3. The normalized spacial score (nSPS) is 22.8. The van der Waals surface area contributed by atoms with Gasteiger partial charge in [-0.3, -0.25) is 19.9 Å². The Bertz CT molecular complexity index is 509. The molecule has 2 atom stereocenters. The molecule has 1 aliphatic heterocycles. The second-order valence-corrected chi connectivity index (χ2v) is 6.26. The molecule has 0 aliphatic carbocycles. The monoisotopic (exact) mass is 295 g/mol. The largest absolute Gasteiger partial charge is 0.303 e. The van der Waals surface area contributed by atoms with E-state index in [2.05, 4.69) is 10.2 Å². The lowest BCUT2D eigenvalue weighted by Crippen LogP contribution is -2.45. The maximum atomic E-state index is 13.3. The van der Waals surface area contributed by atoms with E-state index in [4.69, 9.17) is 6.57 Å². The van der Waals surface area contributed by atoms with E-state index in [9.17, 15) is 9.18 Å². The molecule has 1 aliphatic rings. The molecule has 2 rings (SSSR count). The fraction of sp³-hybridized carbons (Fsp3) is 0.571. The fourth-order valence-electron chi connectivity index (χ4n) is 2.28. The molecule has 1 fully saturated rings. The van der Waals surface area contributed by atoms with Crippen LogP contribution < -0.4 is 5.32 Å². The summed E-state index contributed by atoms with van der Waals surface area (Å²) in [7, 11) is 0. The van der Waals surface area contributed by atoms with E-state index in [0.29, 0.717) is 0 Å². The van der Waals surface area contributed by atoms with Gasteiger partial charge in [0, 0.05) is 5.54 Å². The summed E-state index contributed by atoms with van der Waals surface area (Å²) in [6.07, 6.45) is -1.60. The van der Waals surface area contributed by atoms with Crippen molar-refractivity contribution >= 4 is 17.2 Å². The zero-order valence-corrected chi connectivity index (χ0v) is 12.4. The molecule has 6 heteroatoms. The minimum Gasteiger partial charge on any atom is -0.299 e. The van der Waals surface area contributed by atoms with Gasteiger partial charge in [-0.1, -0.05) is 0 Å². The summed E-state index contributed by atoms with van der Waals surface area (Å²) in [4.78, 5) is 16.8. The molecule has 1 amide bonds. The predicted molar refractivity (Wildman–Crippen MR) is 77.0 cm³/mol. The number of carbonyl (C=O) groups is 1. The van der Waals surface area contributed by atoms with Crippen LogP contribution >= 0.6 is 11.3 Å². The van der Waals surface area contributed by atoms with E-state index >= 15 is 0 Å². The molecule has 1 aromatic rings. The lowest BCUT2D eigenvalue weighted by atomic mass is 9.97. The van der Waals surface area contributed by atoms with Gasteiger partial charge in [-0.15, -0.1) is 0 Å². The maximum absolute atomic E-state index is 13.3. The summed E-state index contributed by atoms with van der Waals surface area (Å²) in [6, 6.07) is 2.01. The number of hydrogen-bond donors (Lipinski definition) is 1. The molecule has 0 bridgehead atoms. The number of nitrogens with one attached hydrogen (secondary N) is 1. The van der Waals surface area contributed by atoms with Gasteiger partial charge < -0.3 is 0 Å². The minimum atomic E-state index is -1.08. The summed E-state index contributed by atoms with van der Waals surface area (Å²) in [6.45, 7) is 11.2. The van der Waals surface area contributed by atoms with Gasteiger partial charge in [0.25, 0.3) is 0 Å². The van der Waals surface area contributed by atoms with E-state index < -0.39 is 12.3 Å². The summed E-state index contributed by atoms with van der Waals surface area (Å²) in [5.41, 5.74) is 0.791. The summed E-state index contributed by atoms with van der Waals surface area (Å²) in [5, 5.41) is 7.21. The highest BCUT2D eigenvalue weighted by Crippen LogP contribution is 2.24. The average molecular weight is 295 g/mol. The van der Waals surface area contributed by atoms with Crippen LogP contribution in [0.2, 0.25) is 0 Å². The molecule has 20 heavy (non-hydrogen) atoms. The number of likely N-dealkylation sites (tertiary alicyclic amines) is 1. The third kappa shape index (κ3) is 3.17. The van der Waals surface area contributed by atoms with Gasteiger partial charge in [-0.2, -0.15) is 11.3 Å². The molecule has 0 saturated carbocycles. The van der Waals surface area contributed by atoms with Crippen molar-refractivity contribution in [3.8, 4) is 0 Å². The standard InChI is InChI=1S/C14H18FN3OS/c1-14(2,10-4-5-20-9-10)17-7-13(19)18-8-11(15)6-12(18)16-3/h4-5,9,11-12,17H,6-8H2,1-2H3/t11-,12-/m0/s1. The van der Waals surface area contributed by atoms with E-state index in [1.807, 2.05) is 30.7 Å². The number of rotatable bonds is 4. The van der Waals surface area contributed by atoms with Crippen molar-refractivity contribution in [2.45, 2.75) is 38.1 Å². The summed E-state index contributed by atoms with van der Waals surface area (Å²) in [5.74, 6) is -0.213. The minimum absolute atomic E-state index is 0.0342. The second-order valence-electron chi connectivity index (χ2n) is 5.48. The van der Waals surface area contributed by atoms with Crippen LogP contribution in [0, 0.1) is 6.57 Å². The van der Waals surface area contributed by atoms with Crippen molar-refractivity contribution in [2.24, 2.45) is 0 Å². The number of alkyl halides is 1. The first kappa shape index (κ1) is 14.9. The van der Waals surface area contributed by atoms with Crippen LogP contribution in [-0.2, 0) is 10.3 Å². The van der Waals surface area contributed by atoms with E-state index in [1.165, 1.54) is 4.90 Å².